The zero-order valence-electron chi connectivity index (χ0n) is 9.66. The number of aryl methyl sites for hydroxylation is 1. The largest absolute Gasteiger partial charge is 0.441 e. The van der Waals surface area contributed by atoms with Gasteiger partial charge in [-0.05, 0) is 11.8 Å². The molecular weight excluding hydrogens is 253 g/mol. The Morgan fingerprint density at radius 3 is 2.76 bits per heavy atom. The van der Waals surface area contributed by atoms with Gasteiger partial charge in [-0.3, -0.25) is 4.68 Å². The molecule has 0 atom stereocenters. The second kappa shape index (κ2) is 6.25. The summed E-state index contributed by atoms with van der Waals surface area (Å²) >= 11 is -0.0483. The van der Waals surface area contributed by atoms with Crippen LogP contribution >= 0.6 is 11.8 Å². The van der Waals surface area contributed by atoms with Crippen LogP contribution in [0.1, 0.15) is 19.7 Å². The number of thioether (sulfide) groups is 1. The third-order valence-corrected chi connectivity index (χ3v) is 2.55. The molecule has 1 aromatic heterocycles. The SMILES string of the molecule is CC(C)NCc1ncn(CCSC(F)(F)F)n1. The molecule has 0 aromatic carbocycles. The van der Waals surface area contributed by atoms with Gasteiger partial charge in [-0.25, -0.2) is 4.98 Å². The molecule has 1 N–H and O–H groups in total. The highest BCUT2D eigenvalue weighted by atomic mass is 32.2. The van der Waals surface area contributed by atoms with Gasteiger partial charge in [0.05, 0.1) is 13.1 Å². The van der Waals surface area contributed by atoms with E-state index in [2.05, 4.69) is 15.4 Å². The Bertz CT molecular complexity index is 337. The van der Waals surface area contributed by atoms with E-state index >= 15 is 0 Å². The highest BCUT2D eigenvalue weighted by Gasteiger charge is 2.27. The van der Waals surface area contributed by atoms with Crippen LogP contribution in [0.2, 0.25) is 0 Å². The summed E-state index contributed by atoms with van der Waals surface area (Å²) in [7, 11) is 0. The molecule has 1 heterocycles. The third kappa shape index (κ3) is 6.52. The molecule has 0 saturated carbocycles. The summed E-state index contributed by atoms with van der Waals surface area (Å²) in [5.74, 6) is 0.542. The summed E-state index contributed by atoms with van der Waals surface area (Å²) in [6.45, 7) is 4.73. The van der Waals surface area contributed by atoms with Crippen molar-refractivity contribution in [3.63, 3.8) is 0 Å². The lowest BCUT2D eigenvalue weighted by Gasteiger charge is -2.05. The third-order valence-electron chi connectivity index (χ3n) is 1.84. The van der Waals surface area contributed by atoms with E-state index in [1.165, 1.54) is 11.0 Å². The van der Waals surface area contributed by atoms with Gasteiger partial charge in [0.15, 0.2) is 5.82 Å². The first-order valence-electron chi connectivity index (χ1n) is 5.19. The average Bonchev–Trinajstić information content (AvgIpc) is 2.61. The van der Waals surface area contributed by atoms with Crippen LogP contribution in [-0.4, -0.2) is 32.1 Å². The lowest BCUT2D eigenvalue weighted by Crippen LogP contribution is -2.22. The van der Waals surface area contributed by atoms with E-state index in [0.717, 1.165) is 0 Å². The first-order chi connectivity index (χ1) is 7.87. The Morgan fingerprint density at radius 1 is 1.47 bits per heavy atom. The van der Waals surface area contributed by atoms with E-state index < -0.39 is 5.51 Å². The van der Waals surface area contributed by atoms with Gasteiger partial charge < -0.3 is 5.32 Å². The molecule has 0 aliphatic heterocycles. The summed E-state index contributed by atoms with van der Waals surface area (Å²) in [6, 6.07) is 0.322. The second-order valence-corrected chi connectivity index (χ2v) is 4.91. The zero-order valence-corrected chi connectivity index (χ0v) is 10.5. The van der Waals surface area contributed by atoms with E-state index in [9.17, 15) is 13.2 Å². The summed E-state index contributed by atoms with van der Waals surface area (Å²) in [4.78, 5) is 4.00. The van der Waals surface area contributed by atoms with Crippen LogP contribution in [0.25, 0.3) is 0 Å². The Labute approximate surface area is 102 Å². The molecule has 8 heteroatoms. The smallest absolute Gasteiger partial charge is 0.308 e. The van der Waals surface area contributed by atoms with Crippen molar-refractivity contribution in [1.29, 1.82) is 0 Å². The lowest BCUT2D eigenvalue weighted by molar-refractivity contribution is -0.0328. The molecule has 0 saturated heterocycles. The van der Waals surface area contributed by atoms with Crippen LogP contribution in [0.5, 0.6) is 0 Å². The summed E-state index contributed by atoms with van der Waals surface area (Å²) < 4.78 is 37.1. The van der Waals surface area contributed by atoms with Crippen molar-refractivity contribution in [2.45, 2.75) is 38.5 Å². The Kier molecular flexibility index (Phi) is 5.26. The molecule has 0 unspecified atom stereocenters. The van der Waals surface area contributed by atoms with E-state index in [-0.39, 0.29) is 24.1 Å². The molecule has 0 aliphatic carbocycles. The van der Waals surface area contributed by atoms with Gasteiger partial charge in [0.25, 0.3) is 0 Å². The van der Waals surface area contributed by atoms with Crippen LogP contribution in [-0.2, 0) is 13.1 Å². The lowest BCUT2D eigenvalue weighted by atomic mass is 10.4. The predicted octanol–water partition coefficient (Wildman–Crippen LogP) is 2.03. The fraction of sp³-hybridized carbons (Fsp3) is 0.778. The molecule has 0 fully saturated rings. The van der Waals surface area contributed by atoms with Crippen molar-refractivity contribution in [3.05, 3.63) is 12.2 Å². The van der Waals surface area contributed by atoms with Gasteiger partial charge >= 0.3 is 5.51 Å². The maximum atomic E-state index is 11.9. The maximum Gasteiger partial charge on any atom is 0.441 e. The van der Waals surface area contributed by atoms with Crippen molar-refractivity contribution in [2.75, 3.05) is 5.75 Å². The highest BCUT2D eigenvalue weighted by Crippen LogP contribution is 2.29. The first-order valence-corrected chi connectivity index (χ1v) is 6.18. The van der Waals surface area contributed by atoms with E-state index in [4.69, 9.17) is 0 Å². The van der Waals surface area contributed by atoms with Crippen molar-refractivity contribution in [2.24, 2.45) is 0 Å². The standard InChI is InChI=1S/C9H15F3N4S/c1-7(2)13-5-8-14-6-16(15-8)3-4-17-9(10,11)12/h6-7,13H,3-5H2,1-2H3. The fourth-order valence-electron chi connectivity index (χ4n) is 1.07. The second-order valence-electron chi connectivity index (χ2n) is 3.75. The van der Waals surface area contributed by atoms with Gasteiger partial charge in [-0.1, -0.05) is 13.8 Å². The number of hydrogen-bond donors (Lipinski definition) is 1. The number of rotatable bonds is 6. The van der Waals surface area contributed by atoms with Gasteiger partial charge in [0.2, 0.25) is 0 Å². The average molecular weight is 268 g/mol. The molecule has 4 nitrogen and oxygen atoms in total. The molecular formula is C9H15F3N4S. The number of halogens is 3. The van der Waals surface area contributed by atoms with Crippen molar-refractivity contribution in [1.82, 2.24) is 20.1 Å². The number of alkyl halides is 3. The number of hydrogen-bond acceptors (Lipinski definition) is 4. The van der Waals surface area contributed by atoms with Crippen LogP contribution < -0.4 is 5.32 Å². The Morgan fingerprint density at radius 2 is 2.18 bits per heavy atom. The molecule has 0 amide bonds. The summed E-state index contributed by atoms with van der Waals surface area (Å²) in [6.07, 6.45) is 1.45. The molecule has 0 aliphatic rings. The molecule has 0 radical (unpaired) electrons. The van der Waals surface area contributed by atoms with Crippen molar-refractivity contribution in [3.8, 4) is 0 Å². The van der Waals surface area contributed by atoms with Crippen molar-refractivity contribution < 1.29 is 13.2 Å². The monoisotopic (exact) mass is 268 g/mol. The van der Waals surface area contributed by atoms with Crippen LogP contribution in [0, 0.1) is 0 Å². The molecule has 0 bridgehead atoms. The quantitative estimate of drug-likeness (QED) is 0.857. The topological polar surface area (TPSA) is 42.7 Å². The zero-order chi connectivity index (χ0) is 12.9. The van der Waals surface area contributed by atoms with E-state index in [1.54, 1.807) is 0 Å². The van der Waals surface area contributed by atoms with Crippen molar-refractivity contribution >= 4 is 11.8 Å². The summed E-state index contributed by atoms with van der Waals surface area (Å²) in [5.41, 5.74) is -4.18. The molecule has 17 heavy (non-hydrogen) atoms. The molecule has 98 valence electrons. The van der Waals surface area contributed by atoms with Gasteiger partial charge in [-0.15, -0.1) is 0 Å². The fourth-order valence-corrected chi connectivity index (χ4v) is 1.58. The maximum absolute atomic E-state index is 11.9. The highest BCUT2D eigenvalue weighted by molar-refractivity contribution is 8.00. The Balaban J connectivity index is 2.31. The van der Waals surface area contributed by atoms with Gasteiger partial charge in [0, 0.05) is 11.8 Å². The van der Waals surface area contributed by atoms with Crippen LogP contribution in [0.4, 0.5) is 13.2 Å². The van der Waals surface area contributed by atoms with Crippen LogP contribution in [0.15, 0.2) is 6.33 Å². The molecule has 1 aromatic rings. The number of nitrogens with one attached hydrogen (secondary N) is 1. The van der Waals surface area contributed by atoms with E-state index in [1.807, 2.05) is 13.8 Å². The minimum Gasteiger partial charge on any atom is -0.308 e. The van der Waals surface area contributed by atoms with Gasteiger partial charge in [0.1, 0.15) is 6.33 Å². The van der Waals surface area contributed by atoms with Crippen LogP contribution in [0.3, 0.4) is 0 Å². The van der Waals surface area contributed by atoms with Gasteiger partial charge in [-0.2, -0.15) is 18.3 Å². The molecule has 0 spiro atoms. The minimum absolute atomic E-state index is 0.0483. The number of aromatic nitrogens is 3. The summed E-state index contributed by atoms with van der Waals surface area (Å²) in [5, 5.41) is 7.20. The van der Waals surface area contributed by atoms with E-state index in [0.29, 0.717) is 18.4 Å². The first kappa shape index (κ1) is 14.3. The predicted molar refractivity (Wildman–Crippen MR) is 60.5 cm³/mol. The molecule has 1 rings (SSSR count). The minimum atomic E-state index is -4.18. The Hall–Kier alpha value is -0.760. The number of nitrogens with zero attached hydrogens (tertiary/aromatic N) is 3. The normalized spacial score (nSPS) is 12.4.